The van der Waals surface area contributed by atoms with Gasteiger partial charge in [-0.1, -0.05) is 357 Å². The molecule has 17 nitrogen and oxygen atoms in total. The Balaban J connectivity index is 5.25. The lowest BCUT2D eigenvalue weighted by atomic mass is 9.99. The van der Waals surface area contributed by atoms with Crippen LogP contribution in [0.15, 0.2) is 0 Å². The zero-order valence-corrected chi connectivity index (χ0v) is 66.9. The zero-order chi connectivity index (χ0) is 73.1. The van der Waals surface area contributed by atoms with Crippen LogP contribution in [0.2, 0.25) is 0 Å². The zero-order valence-electron chi connectivity index (χ0n) is 65.1. The second kappa shape index (κ2) is 69.1. The predicted octanol–water partition coefficient (Wildman–Crippen LogP) is 23.6. The molecule has 3 N–H and O–H groups in total. The van der Waals surface area contributed by atoms with E-state index in [0.717, 1.165) is 120 Å². The minimum atomic E-state index is -4.96. The Hall–Kier alpha value is -1.94. The van der Waals surface area contributed by atoms with E-state index < -0.39 is 97.5 Å². The number of phosphoric acid groups is 2. The molecule has 0 radical (unpaired) electrons. The molecule has 4 unspecified atom stereocenters. The Labute approximate surface area is 607 Å². The largest absolute Gasteiger partial charge is 0.472 e. The Bertz CT molecular complexity index is 1940. The molecular formula is C80H156O17P2. The molecule has 0 aliphatic rings. The van der Waals surface area contributed by atoms with Crippen molar-refractivity contribution < 1.29 is 80.2 Å². The summed E-state index contributed by atoms with van der Waals surface area (Å²) in [5, 5.41) is 10.6. The van der Waals surface area contributed by atoms with Crippen LogP contribution in [0.4, 0.5) is 0 Å². The van der Waals surface area contributed by atoms with Crippen molar-refractivity contribution in [2.45, 2.75) is 427 Å². The standard InChI is InChI=1S/C80H156O17P2/c1-9-72(7)58-50-42-34-28-21-17-14-15-18-22-29-35-44-52-60-77(82)90-66-75(96-79(84)62-54-46-36-30-23-19-13-11-12-16-20-26-32-40-48-56-70(3)4)68-94-98(86,87)92-64-74(81)65-93-99(88,89)95-69-76(67-91-78(83)61-53-45-39-38-43-51-59-73(8)10-2)97-80(85)63-55-47-37-31-25-24-27-33-41-49-57-71(5)6/h70-76,81H,9-69H2,1-8H3,(H,86,87)(H,88,89)/t72?,73?,74-,75-,76-/m1/s1. The van der Waals surface area contributed by atoms with Crippen LogP contribution >= 0.6 is 15.6 Å². The molecule has 0 aromatic heterocycles. The van der Waals surface area contributed by atoms with Gasteiger partial charge in [0.25, 0.3) is 0 Å². The van der Waals surface area contributed by atoms with Gasteiger partial charge < -0.3 is 33.8 Å². The number of hydrogen-bond acceptors (Lipinski definition) is 15. The first-order valence-electron chi connectivity index (χ1n) is 41.3. The van der Waals surface area contributed by atoms with Gasteiger partial charge in [-0.15, -0.1) is 0 Å². The monoisotopic (exact) mass is 1450 g/mol. The number of unbranched alkanes of at least 4 members (excludes halogenated alkanes) is 41. The first-order valence-corrected chi connectivity index (χ1v) is 44.3. The lowest BCUT2D eigenvalue weighted by Gasteiger charge is -2.21. The predicted molar refractivity (Wildman–Crippen MR) is 404 cm³/mol. The van der Waals surface area contributed by atoms with Crippen molar-refractivity contribution in [3.63, 3.8) is 0 Å². The highest BCUT2D eigenvalue weighted by Gasteiger charge is 2.30. The van der Waals surface area contributed by atoms with E-state index in [0.29, 0.717) is 25.7 Å². The van der Waals surface area contributed by atoms with Gasteiger partial charge in [0, 0.05) is 25.7 Å². The molecule has 0 spiro atoms. The van der Waals surface area contributed by atoms with Crippen molar-refractivity contribution in [1.29, 1.82) is 0 Å². The average Bonchev–Trinajstić information content (AvgIpc) is 0.985. The van der Waals surface area contributed by atoms with Crippen LogP contribution in [0, 0.1) is 23.7 Å². The fraction of sp³-hybridized carbons (Fsp3) is 0.950. The first-order chi connectivity index (χ1) is 47.7. The van der Waals surface area contributed by atoms with Crippen LogP contribution < -0.4 is 0 Å². The molecular weight excluding hydrogens is 1290 g/mol. The van der Waals surface area contributed by atoms with Crippen LogP contribution in [0.3, 0.4) is 0 Å². The third-order valence-electron chi connectivity index (χ3n) is 19.3. The van der Waals surface area contributed by atoms with Crippen molar-refractivity contribution in [2.75, 3.05) is 39.6 Å². The van der Waals surface area contributed by atoms with Crippen LogP contribution in [-0.2, 0) is 65.4 Å². The highest BCUT2D eigenvalue weighted by Crippen LogP contribution is 2.45. The minimum absolute atomic E-state index is 0.105. The van der Waals surface area contributed by atoms with Crippen LogP contribution in [-0.4, -0.2) is 96.7 Å². The van der Waals surface area contributed by atoms with Gasteiger partial charge in [-0.05, 0) is 49.4 Å². The maximum Gasteiger partial charge on any atom is 0.472 e. The van der Waals surface area contributed by atoms with E-state index in [9.17, 15) is 43.2 Å². The number of hydrogen-bond donors (Lipinski definition) is 3. The normalized spacial score (nSPS) is 14.6. The lowest BCUT2D eigenvalue weighted by molar-refractivity contribution is -0.161. The smallest absolute Gasteiger partial charge is 0.462 e. The molecule has 0 rings (SSSR count). The van der Waals surface area contributed by atoms with E-state index in [-0.39, 0.29) is 25.7 Å². The van der Waals surface area contributed by atoms with Crippen molar-refractivity contribution in [3.8, 4) is 0 Å². The molecule has 0 saturated carbocycles. The third kappa shape index (κ3) is 71.5. The van der Waals surface area contributed by atoms with Crippen LogP contribution in [0.5, 0.6) is 0 Å². The van der Waals surface area contributed by atoms with Crippen LogP contribution in [0.1, 0.15) is 409 Å². The van der Waals surface area contributed by atoms with Gasteiger partial charge in [-0.3, -0.25) is 37.3 Å². The topological polar surface area (TPSA) is 237 Å². The number of aliphatic hydroxyl groups excluding tert-OH is 1. The Kier molecular flexibility index (Phi) is 67.8. The van der Waals surface area contributed by atoms with Crippen molar-refractivity contribution in [2.24, 2.45) is 23.7 Å². The average molecular weight is 1450 g/mol. The molecule has 0 aliphatic carbocycles. The summed E-state index contributed by atoms with van der Waals surface area (Å²) >= 11 is 0. The molecule has 0 fully saturated rings. The van der Waals surface area contributed by atoms with Crippen molar-refractivity contribution >= 4 is 39.5 Å². The van der Waals surface area contributed by atoms with Crippen molar-refractivity contribution in [1.82, 2.24) is 0 Å². The minimum Gasteiger partial charge on any atom is -0.462 e. The molecule has 99 heavy (non-hydrogen) atoms. The maximum absolute atomic E-state index is 13.1. The fourth-order valence-electron chi connectivity index (χ4n) is 12.2. The molecule has 0 amide bonds. The summed E-state index contributed by atoms with van der Waals surface area (Å²) in [6.45, 7) is 14.3. The number of aliphatic hydroxyl groups is 1. The second-order valence-corrected chi connectivity index (χ2v) is 33.1. The number of phosphoric ester groups is 2. The van der Waals surface area contributed by atoms with E-state index >= 15 is 0 Å². The molecule has 0 aromatic carbocycles. The molecule has 588 valence electrons. The molecule has 0 bridgehead atoms. The summed E-state index contributed by atoms with van der Waals surface area (Å²) in [7, 11) is -9.92. The molecule has 0 heterocycles. The van der Waals surface area contributed by atoms with Gasteiger partial charge >= 0.3 is 39.5 Å². The molecule has 0 saturated heterocycles. The lowest BCUT2D eigenvalue weighted by Crippen LogP contribution is -2.30. The summed E-state index contributed by atoms with van der Waals surface area (Å²) in [6, 6.07) is 0. The van der Waals surface area contributed by atoms with Gasteiger partial charge in [0.05, 0.1) is 26.4 Å². The third-order valence-corrected chi connectivity index (χ3v) is 21.2. The van der Waals surface area contributed by atoms with Crippen LogP contribution in [0.25, 0.3) is 0 Å². The quantitative estimate of drug-likeness (QED) is 0.0222. The highest BCUT2D eigenvalue weighted by molar-refractivity contribution is 7.47. The molecule has 0 aliphatic heterocycles. The van der Waals surface area contributed by atoms with E-state index in [2.05, 4.69) is 55.4 Å². The number of ether oxygens (including phenoxy) is 4. The maximum atomic E-state index is 13.1. The Morgan fingerprint density at radius 1 is 0.283 bits per heavy atom. The van der Waals surface area contributed by atoms with Gasteiger partial charge in [0.1, 0.15) is 19.3 Å². The van der Waals surface area contributed by atoms with Gasteiger partial charge in [-0.2, -0.15) is 0 Å². The number of esters is 4. The second-order valence-electron chi connectivity index (χ2n) is 30.2. The summed E-state index contributed by atoms with van der Waals surface area (Å²) in [5.41, 5.74) is 0. The first kappa shape index (κ1) is 97.1. The summed E-state index contributed by atoms with van der Waals surface area (Å²) in [4.78, 5) is 73.0. The molecule has 0 aromatic rings. The van der Waals surface area contributed by atoms with Gasteiger partial charge in [-0.25, -0.2) is 9.13 Å². The summed E-state index contributed by atoms with van der Waals surface area (Å²) in [5.74, 6) is 1.02. The molecule has 7 atom stereocenters. The van der Waals surface area contributed by atoms with Gasteiger partial charge in [0.2, 0.25) is 0 Å². The van der Waals surface area contributed by atoms with E-state index in [1.165, 1.54) is 205 Å². The fourth-order valence-corrected chi connectivity index (χ4v) is 13.8. The number of rotatable bonds is 77. The summed E-state index contributed by atoms with van der Waals surface area (Å²) < 4.78 is 68.7. The van der Waals surface area contributed by atoms with E-state index in [1.807, 2.05) is 0 Å². The van der Waals surface area contributed by atoms with E-state index in [4.69, 9.17) is 37.0 Å². The van der Waals surface area contributed by atoms with E-state index in [1.54, 1.807) is 0 Å². The number of carbonyl (C=O) groups is 4. The SMILES string of the molecule is CCC(C)CCCCCCCCCCCCCCCCC(=O)OC[C@H](COP(=O)(O)OC[C@@H](O)COP(=O)(O)OC[C@@H](COC(=O)CCCCCCCCC(C)CC)OC(=O)CCCCCCCCCCCCC(C)C)OC(=O)CCCCCCCCCCCCCCCCCC(C)C. The molecule has 19 heteroatoms. The highest BCUT2D eigenvalue weighted by atomic mass is 31.2. The Morgan fingerprint density at radius 3 is 0.717 bits per heavy atom. The van der Waals surface area contributed by atoms with Gasteiger partial charge in [0.15, 0.2) is 12.2 Å². The van der Waals surface area contributed by atoms with Crippen molar-refractivity contribution in [3.05, 3.63) is 0 Å². The number of carbonyl (C=O) groups excluding carboxylic acids is 4. The Morgan fingerprint density at radius 2 is 0.485 bits per heavy atom. The summed E-state index contributed by atoms with van der Waals surface area (Å²) in [6.07, 6.45) is 55.5.